The minimum atomic E-state index is 0.0105. The summed E-state index contributed by atoms with van der Waals surface area (Å²) in [6, 6.07) is 10.1. The van der Waals surface area contributed by atoms with Gasteiger partial charge in [0.2, 0.25) is 0 Å². The number of nitrogens with one attached hydrogen (secondary N) is 1. The molecule has 1 aromatic carbocycles. The number of anilines is 1. The summed E-state index contributed by atoms with van der Waals surface area (Å²) in [5.41, 5.74) is 4.01. The van der Waals surface area contributed by atoms with Crippen LogP contribution in [0.4, 0.5) is 5.82 Å². The first-order chi connectivity index (χ1) is 11.1. The number of furan rings is 1. The fourth-order valence-electron chi connectivity index (χ4n) is 3.03. The zero-order valence-electron chi connectivity index (χ0n) is 13.4. The van der Waals surface area contributed by atoms with Crippen molar-refractivity contribution in [3.05, 3.63) is 59.7 Å². The lowest BCUT2D eigenvalue weighted by Crippen LogP contribution is -2.09. The van der Waals surface area contributed by atoms with E-state index in [0.717, 1.165) is 39.3 Å². The average molecular weight is 306 g/mol. The molecule has 3 aromatic heterocycles. The molecule has 0 bridgehead atoms. The quantitative estimate of drug-likeness (QED) is 0.614. The summed E-state index contributed by atoms with van der Waals surface area (Å²) in [5.74, 6) is 1.74. The minimum Gasteiger partial charge on any atom is -0.459 e. The van der Waals surface area contributed by atoms with Gasteiger partial charge in [-0.05, 0) is 32.9 Å². The van der Waals surface area contributed by atoms with Crippen LogP contribution in [-0.4, -0.2) is 14.6 Å². The molecule has 0 fully saturated rings. The Hall–Kier alpha value is -2.82. The molecule has 1 atom stereocenters. The first-order valence-electron chi connectivity index (χ1n) is 7.69. The van der Waals surface area contributed by atoms with Crippen LogP contribution in [0.5, 0.6) is 0 Å². The van der Waals surface area contributed by atoms with Crippen LogP contribution in [0.1, 0.15) is 30.0 Å². The van der Waals surface area contributed by atoms with Gasteiger partial charge in [-0.1, -0.05) is 18.2 Å². The predicted molar refractivity (Wildman–Crippen MR) is 90.7 cm³/mol. The van der Waals surface area contributed by atoms with Gasteiger partial charge >= 0.3 is 0 Å². The highest BCUT2D eigenvalue weighted by Gasteiger charge is 2.18. The van der Waals surface area contributed by atoms with Crippen molar-refractivity contribution in [2.24, 2.45) is 0 Å². The van der Waals surface area contributed by atoms with Crippen LogP contribution >= 0.6 is 0 Å². The highest BCUT2D eigenvalue weighted by molar-refractivity contribution is 5.82. The van der Waals surface area contributed by atoms with E-state index in [1.807, 2.05) is 41.9 Å². The Kier molecular flexibility index (Phi) is 3.08. The molecule has 0 aliphatic heterocycles. The molecule has 3 heterocycles. The molecule has 0 aliphatic rings. The monoisotopic (exact) mass is 306 g/mol. The molecule has 5 heteroatoms. The van der Waals surface area contributed by atoms with E-state index >= 15 is 0 Å². The van der Waals surface area contributed by atoms with Gasteiger partial charge in [-0.25, -0.2) is 9.50 Å². The summed E-state index contributed by atoms with van der Waals surface area (Å²) < 4.78 is 7.87. The first kappa shape index (κ1) is 13.8. The Morgan fingerprint density at radius 1 is 1.22 bits per heavy atom. The van der Waals surface area contributed by atoms with Crippen LogP contribution in [0.25, 0.3) is 16.5 Å². The smallest absolute Gasteiger partial charge is 0.152 e. The summed E-state index contributed by atoms with van der Waals surface area (Å²) in [5, 5.41) is 9.03. The van der Waals surface area contributed by atoms with Crippen LogP contribution in [0.2, 0.25) is 0 Å². The van der Waals surface area contributed by atoms with Gasteiger partial charge in [0.25, 0.3) is 0 Å². The van der Waals surface area contributed by atoms with Crippen molar-refractivity contribution in [2.75, 3.05) is 5.32 Å². The molecule has 0 unspecified atom stereocenters. The molecule has 4 rings (SSSR count). The highest BCUT2D eigenvalue weighted by Crippen LogP contribution is 2.31. The number of fused-ring (bicyclic) bond motifs is 2. The summed E-state index contributed by atoms with van der Waals surface area (Å²) >= 11 is 0. The van der Waals surface area contributed by atoms with Gasteiger partial charge in [0.05, 0.1) is 11.7 Å². The third kappa shape index (κ3) is 2.25. The number of rotatable bonds is 3. The fourth-order valence-corrected chi connectivity index (χ4v) is 3.03. The third-order valence-corrected chi connectivity index (χ3v) is 4.14. The predicted octanol–water partition coefficient (Wildman–Crippen LogP) is 4.27. The Morgan fingerprint density at radius 2 is 2.04 bits per heavy atom. The molecule has 23 heavy (non-hydrogen) atoms. The van der Waals surface area contributed by atoms with E-state index < -0.39 is 0 Å². The van der Waals surface area contributed by atoms with Gasteiger partial charge in [0.15, 0.2) is 5.82 Å². The maximum atomic E-state index is 6.04. The maximum Gasteiger partial charge on any atom is 0.152 e. The molecule has 0 saturated heterocycles. The van der Waals surface area contributed by atoms with Crippen LogP contribution in [0.15, 0.2) is 47.1 Å². The fraction of sp³-hybridized carbons (Fsp3) is 0.222. The van der Waals surface area contributed by atoms with E-state index in [9.17, 15) is 0 Å². The van der Waals surface area contributed by atoms with E-state index in [4.69, 9.17) is 4.42 Å². The second kappa shape index (κ2) is 5.12. The molecular formula is C18H18N4O. The standard InChI is InChI=1S/C18H18N4O/c1-11-10-15-18(19-8-9-22(15)21-11)20-13(3)17-12(2)14-6-4-5-7-16(14)23-17/h4-10,13H,1-3H3,(H,19,20)/t13-/m0/s1. The first-order valence-corrected chi connectivity index (χ1v) is 7.69. The highest BCUT2D eigenvalue weighted by atomic mass is 16.3. The number of hydrogen-bond donors (Lipinski definition) is 1. The lowest BCUT2D eigenvalue weighted by molar-refractivity contribution is 0.521. The SMILES string of the molecule is Cc1cc2c(N[C@@H](C)c3oc4ccccc4c3C)nccn2n1. The summed E-state index contributed by atoms with van der Waals surface area (Å²) in [4.78, 5) is 4.46. The molecule has 0 radical (unpaired) electrons. The van der Waals surface area contributed by atoms with Crippen LogP contribution in [0, 0.1) is 13.8 Å². The number of aryl methyl sites for hydroxylation is 2. The molecule has 116 valence electrons. The zero-order chi connectivity index (χ0) is 16.0. The summed E-state index contributed by atoms with van der Waals surface area (Å²) in [6.07, 6.45) is 3.60. The Balaban J connectivity index is 1.73. The Bertz CT molecular complexity index is 999. The topological polar surface area (TPSA) is 55.4 Å². The van der Waals surface area contributed by atoms with Gasteiger partial charge in [-0.2, -0.15) is 5.10 Å². The molecule has 0 aliphatic carbocycles. The minimum absolute atomic E-state index is 0.0105. The zero-order valence-corrected chi connectivity index (χ0v) is 13.4. The molecular weight excluding hydrogens is 288 g/mol. The van der Waals surface area contributed by atoms with Gasteiger partial charge in [-0.3, -0.25) is 0 Å². The number of benzene rings is 1. The second-order valence-corrected chi connectivity index (χ2v) is 5.84. The average Bonchev–Trinajstić information content (AvgIpc) is 3.08. The van der Waals surface area contributed by atoms with Crippen molar-refractivity contribution < 1.29 is 4.42 Å². The van der Waals surface area contributed by atoms with E-state index in [-0.39, 0.29) is 6.04 Å². The lowest BCUT2D eigenvalue weighted by atomic mass is 10.1. The van der Waals surface area contributed by atoms with Crippen molar-refractivity contribution in [1.82, 2.24) is 14.6 Å². The summed E-state index contributed by atoms with van der Waals surface area (Å²) in [6.45, 7) is 6.15. The molecule has 4 aromatic rings. The van der Waals surface area contributed by atoms with E-state index in [1.165, 1.54) is 0 Å². The maximum absolute atomic E-state index is 6.04. The number of aromatic nitrogens is 3. The van der Waals surface area contributed by atoms with Gasteiger partial charge in [0.1, 0.15) is 16.9 Å². The van der Waals surface area contributed by atoms with E-state index in [1.54, 1.807) is 6.20 Å². The normalized spacial score (nSPS) is 12.8. The van der Waals surface area contributed by atoms with Gasteiger partial charge in [0, 0.05) is 23.3 Å². The number of hydrogen-bond acceptors (Lipinski definition) is 4. The van der Waals surface area contributed by atoms with Crippen molar-refractivity contribution in [3.8, 4) is 0 Å². The van der Waals surface area contributed by atoms with Crippen molar-refractivity contribution >= 4 is 22.3 Å². The lowest BCUT2D eigenvalue weighted by Gasteiger charge is -2.13. The Morgan fingerprint density at radius 3 is 2.87 bits per heavy atom. The molecule has 5 nitrogen and oxygen atoms in total. The molecule has 0 amide bonds. The number of para-hydroxylation sites is 1. The third-order valence-electron chi connectivity index (χ3n) is 4.14. The van der Waals surface area contributed by atoms with Crippen molar-refractivity contribution in [1.29, 1.82) is 0 Å². The van der Waals surface area contributed by atoms with Gasteiger partial charge < -0.3 is 9.73 Å². The molecule has 0 saturated carbocycles. The van der Waals surface area contributed by atoms with Crippen molar-refractivity contribution in [2.45, 2.75) is 26.8 Å². The molecule has 1 N–H and O–H groups in total. The van der Waals surface area contributed by atoms with Crippen molar-refractivity contribution in [3.63, 3.8) is 0 Å². The summed E-state index contributed by atoms with van der Waals surface area (Å²) in [7, 11) is 0. The van der Waals surface area contributed by atoms with Gasteiger partial charge in [-0.15, -0.1) is 0 Å². The van der Waals surface area contributed by atoms with E-state index in [2.05, 4.69) is 35.3 Å². The van der Waals surface area contributed by atoms with Crippen LogP contribution in [-0.2, 0) is 0 Å². The van der Waals surface area contributed by atoms with Crippen LogP contribution < -0.4 is 5.32 Å². The molecule has 0 spiro atoms. The number of nitrogens with zero attached hydrogens (tertiary/aromatic N) is 3. The van der Waals surface area contributed by atoms with E-state index in [0.29, 0.717) is 0 Å². The largest absolute Gasteiger partial charge is 0.459 e. The second-order valence-electron chi connectivity index (χ2n) is 5.84. The van der Waals surface area contributed by atoms with Crippen LogP contribution in [0.3, 0.4) is 0 Å². The Labute approximate surface area is 134 Å².